The predicted molar refractivity (Wildman–Crippen MR) is 141 cm³/mol. The maximum Gasteiger partial charge on any atom is 0.318 e. The van der Waals surface area contributed by atoms with Gasteiger partial charge in [-0.3, -0.25) is 19.7 Å². The number of nitrogens with zero attached hydrogens (tertiary/aromatic N) is 2. The van der Waals surface area contributed by atoms with Gasteiger partial charge in [-0.05, 0) is 75.7 Å². The maximum atomic E-state index is 13.6. The highest BCUT2D eigenvalue weighted by molar-refractivity contribution is 5.98. The van der Waals surface area contributed by atoms with E-state index in [1.165, 1.54) is 17.8 Å². The standard InChI is InChI=1S/C27H40N6O5/c1-15(2)14-38-23-20(13-29-33(23)7-6-26(4,5)32-16(3)34)22(35)30-21-18-8-17-9-19(21)12-27(10-17,11-18)24(36)31-25(28)37/h6-7,13,15,17-19,21H,8-12,14H2,1-5H3,(H,30,35)(H,32,34)(H3,28,31,36,37)/b7-6+/t17?,18?,19?,21-,27-. The number of amides is 5. The first-order valence-corrected chi connectivity index (χ1v) is 13.4. The van der Waals surface area contributed by atoms with Gasteiger partial charge in [0.1, 0.15) is 5.56 Å². The molecule has 1 aromatic heterocycles. The Morgan fingerprint density at radius 3 is 2.45 bits per heavy atom. The average Bonchev–Trinajstić information content (AvgIpc) is 3.20. The van der Waals surface area contributed by atoms with Gasteiger partial charge in [-0.2, -0.15) is 5.10 Å². The highest BCUT2D eigenvalue weighted by Gasteiger charge is 2.58. The van der Waals surface area contributed by atoms with Gasteiger partial charge in [0, 0.05) is 19.2 Å². The number of hydrogen-bond donors (Lipinski definition) is 4. The van der Waals surface area contributed by atoms with Crippen molar-refractivity contribution < 1.29 is 23.9 Å². The van der Waals surface area contributed by atoms with E-state index in [0.29, 0.717) is 36.8 Å². The second kappa shape index (κ2) is 10.4. The molecule has 4 aliphatic carbocycles. The number of carbonyl (C=O) groups is 4. The SMILES string of the molecule is CC(=O)NC(C)(C)/C=C/n1ncc(C(=O)N[C@H]2C3CC4CC2C[C@](C(=O)NC(N)=O)(C4)C3)c1OCC(C)C. The molecule has 11 heteroatoms. The van der Waals surface area contributed by atoms with Gasteiger partial charge in [-0.25, -0.2) is 9.48 Å². The highest BCUT2D eigenvalue weighted by atomic mass is 16.5. The molecule has 4 bridgehead atoms. The van der Waals surface area contributed by atoms with Crippen LogP contribution in [-0.4, -0.2) is 51.7 Å². The fraction of sp³-hybridized carbons (Fsp3) is 0.667. The van der Waals surface area contributed by atoms with E-state index in [4.69, 9.17) is 10.5 Å². The molecule has 5 amide bonds. The topological polar surface area (TPSA) is 157 Å². The molecule has 2 atom stereocenters. The molecule has 1 heterocycles. The molecule has 0 aromatic carbocycles. The predicted octanol–water partition coefficient (Wildman–Crippen LogP) is 2.42. The zero-order valence-electron chi connectivity index (χ0n) is 22.9. The normalized spacial score (nSPS) is 27.9. The molecular weight excluding hydrogens is 488 g/mol. The molecule has 38 heavy (non-hydrogen) atoms. The molecule has 208 valence electrons. The lowest BCUT2D eigenvalue weighted by Gasteiger charge is -2.59. The number of nitrogens with one attached hydrogen (secondary N) is 3. The quantitative estimate of drug-likeness (QED) is 0.385. The number of urea groups is 1. The summed E-state index contributed by atoms with van der Waals surface area (Å²) in [6.45, 7) is 9.63. The molecular formula is C27H40N6O5. The molecule has 4 saturated carbocycles. The van der Waals surface area contributed by atoms with Crippen molar-refractivity contribution in [2.45, 2.75) is 78.3 Å². The lowest BCUT2D eigenvalue weighted by molar-refractivity contribution is -0.147. The van der Waals surface area contributed by atoms with Crippen molar-refractivity contribution in [1.29, 1.82) is 0 Å². The molecule has 5 N–H and O–H groups in total. The van der Waals surface area contributed by atoms with Crippen molar-refractivity contribution in [3.63, 3.8) is 0 Å². The van der Waals surface area contributed by atoms with Crippen LogP contribution in [0.3, 0.4) is 0 Å². The van der Waals surface area contributed by atoms with Crippen LogP contribution in [0.4, 0.5) is 4.79 Å². The number of rotatable bonds is 9. The van der Waals surface area contributed by atoms with Gasteiger partial charge in [-0.15, -0.1) is 0 Å². The van der Waals surface area contributed by atoms with Crippen LogP contribution in [0.1, 0.15) is 77.1 Å². The number of hydrogen-bond acceptors (Lipinski definition) is 6. The zero-order chi connectivity index (χ0) is 27.8. The van der Waals surface area contributed by atoms with E-state index in [1.807, 2.05) is 27.7 Å². The molecule has 1 aromatic rings. The zero-order valence-corrected chi connectivity index (χ0v) is 22.9. The Morgan fingerprint density at radius 2 is 1.87 bits per heavy atom. The van der Waals surface area contributed by atoms with E-state index in [9.17, 15) is 19.2 Å². The minimum Gasteiger partial charge on any atom is -0.477 e. The number of carbonyl (C=O) groups excluding carboxylic acids is 4. The summed E-state index contributed by atoms with van der Waals surface area (Å²) in [6, 6.07) is -0.889. The summed E-state index contributed by atoms with van der Waals surface area (Å²) >= 11 is 0. The van der Waals surface area contributed by atoms with E-state index < -0.39 is 17.0 Å². The second-order valence-corrected chi connectivity index (χ2v) is 12.3. The summed E-state index contributed by atoms with van der Waals surface area (Å²) in [5.74, 6) is 0.583. The summed E-state index contributed by atoms with van der Waals surface area (Å²) in [6.07, 6.45) is 8.89. The van der Waals surface area contributed by atoms with Gasteiger partial charge < -0.3 is 21.1 Å². The first-order chi connectivity index (χ1) is 17.8. The number of primary amides is 1. The Bertz CT molecular complexity index is 1120. The second-order valence-electron chi connectivity index (χ2n) is 12.3. The van der Waals surface area contributed by atoms with Crippen LogP contribution in [0, 0.1) is 29.1 Å². The third kappa shape index (κ3) is 5.86. The van der Waals surface area contributed by atoms with Gasteiger partial charge in [-0.1, -0.05) is 13.8 Å². The molecule has 5 rings (SSSR count). The van der Waals surface area contributed by atoms with Crippen molar-refractivity contribution in [1.82, 2.24) is 25.7 Å². The minimum atomic E-state index is -0.823. The summed E-state index contributed by atoms with van der Waals surface area (Å²) in [5, 5.41) is 12.8. The third-order valence-electron chi connectivity index (χ3n) is 7.97. The molecule has 0 spiro atoms. The van der Waals surface area contributed by atoms with Gasteiger partial charge in [0.2, 0.25) is 17.7 Å². The third-order valence-corrected chi connectivity index (χ3v) is 7.97. The summed E-state index contributed by atoms with van der Waals surface area (Å²) in [7, 11) is 0. The fourth-order valence-corrected chi connectivity index (χ4v) is 6.77. The molecule has 2 unspecified atom stereocenters. The van der Waals surface area contributed by atoms with Crippen LogP contribution in [0.15, 0.2) is 12.3 Å². The van der Waals surface area contributed by atoms with E-state index in [1.54, 1.807) is 12.3 Å². The molecule has 11 nitrogen and oxygen atoms in total. The Labute approximate surface area is 223 Å². The molecule has 0 aliphatic heterocycles. The maximum absolute atomic E-state index is 13.6. The minimum absolute atomic E-state index is 0.0657. The highest BCUT2D eigenvalue weighted by Crippen LogP contribution is 2.60. The average molecular weight is 529 g/mol. The fourth-order valence-electron chi connectivity index (χ4n) is 6.77. The summed E-state index contributed by atoms with van der Waals surface area (Å²) in [4.78, 5) is 49.3. The number of imide groups is 1. The van der Waals surface area contributed by atoms with Crippen molar-refractivity contribution >= 4 is 30.0 Å². The van der Waals surface area contributed by atoms with E-state index in [-0.39, 0.29) is 41.5 Å². The summed E-state index contributed by atoms with van der Waals surface area (Å²) < 4.78 is 7.55. The first kappa shape index (κ1) is 27.7. The van der Waals surface area contributed by atoms with Gasteiger partial charge in [0.15, 0.2) is 0 Å². The Balaban J connectivity index is 1.52. The van der Waals surface area contributed by atoms with Crippen LogP contribution in [0.5, 0.6) is 5.88 Å². The van der Waals surface area contributed by atoms with Crippen molar-refractivity contribution in [2.24, 2.45) is 34.8 Å². The number of aromatic nitrogens is 2. The largest absolute Gasteiger partial charge is 0.477 e. The van der Waals surface area contributed by atoms with Crippen LogP contribution in [-0.2, 0) is 9.59 Å². The summed E-state index contributed by atoms with van der Waals surface area (Å²) in [5.41, 5.74) is 4.35. The Morgan fingerprint density at radius 1 is 1.21 bits per heavy atom. The monoisotopic (exact) mass is 528 g/mol. The van der Waals surface area contributed by atoms with Crippen molar-refractivity contribution in [3.8, 4) is 5.88 Å². The van der Waals surface area contributed by atoms with Gasteiger partial charge in [0.05, 0.1) is 23.8 Å². The smallest absolute Gasteiger partial charge is 0.318 e. The Hall–Kier alpha value is -3.37. The Kier molecular flexibility index (Phi) is 7.58. The van der Waals surface area contributed by atoms with E-state index in [2.05, 4.69) is 21.0 Å². The first-order valence-electron chi connectivity index (χ1n) is 13.4. The van der Waals surface area contributed by atoms with Crippen LogP contribution >= 0.6 is 0 Å². The lowest BCUT2D eigenvalue weighted by Crippen LogP contribution is -2.63. The van der Waals surface area contributed by atoms with Crippen LogP contribution in [0.2, 0.25) is 0 Å². The van der Waals surface area contributed by atoms with E-state index in [0.717, 1.165) is 19.3 Å². The van der Waals surface area contributed by atoms with Gasteiger partial charge in [0.25, 0.3) is 5.91 Å². The molecule has 4 aliphatic rings. The van der Waals surface area contributed by atoms with Crippen molar-refractivity contribution in [3.05, 3.63) is 17.8 Å². The van der Waals surface area contributed by atoms with E-state index >= 15 is 0 Å². The van der Waals surface area contributed by atoms with Crippen LogP contribution in [0.25, 0.3) is 6.20 Å². The lowest BCUT2D eigenvalue weighted by atomic mass is 9.47. The van der Waals surface area contributed by atoms with Gasteiger partial charge >= 0.3 is 6.03 Å². The molecule has 0 saturated heterocycles. The molecule has 4 fully saturated rings. The number of nitrogens with two attached hydrogens (primary N) is 1. The van der Waals surface area contributed by atoms with Crippen LogP contribution < -0.4 is 26.4 Å². The number of ether oxygens (including phenoxy) is 1. The molecule has 0 radical (unpaired) electrons. The van der Waals surface area contributed by atoms with Crippen molar-refractivity contribution in [2.75, 3.05) is 6.61 Å².